The van der Waals surface area contributed by atoms with Crippen LogP contribution in [0.25, 0.3) is 0 Å². The molecule has 0 bridgehead atoms. The van der Waals surface area contributed by atoms with E-state index < -0.39 is 18.0 Å². The van der Waals surface area contributed by atoms with Crippen molar-refractivity contribution in [3.63, 3.8) is 0 Å². The molecular weight excluding hydrogens is 314 g/mol. The Balaban J connectivity index is 2.07. The maximum absolute atomic E-state index is 13.6. The molecule has 120 valence electrons. The zero-order valence-electron chi connectivity index (χ0n) is 12.4. The topological polar surface area (TPSA) is 49.3 Å². The molecular formula is C14H17ClF2N4O. The summed E-state index contributed by atoms with van der Waals surface area (Å²) in [5.74, 6) is -2.35. The number of hydrogen-bond acceptors (Lipinski definition) is 4. The van der Waals surface area contributed by atoms with Gasteiger partial charge < -0.3 is 9.80 Å². The van der Waals surface area contributed by atoms with E-state index in [0.717, 1.165) is 0 Å². The van der Waals surface area contributed by atoms with E-state index in [4.69, 9.17) is 11.6 Å². The number of alkyl halides is 2. The van der Waals surface area contributed by atoms with Gasteiger partial charge in [-0.3, -0.25) is 4.79 Å². The molecule has 5 nitrogen and oxygen atoms in total. The summed E-state index contributed by atoms with van der Waals surface area (Å²) in [6, 6.07) is -0.912. The van der Waals surface area contributed by atoms with Crippen molar-refractivity contribution in [3.05, 3.63) is 11.5 Å². The second-order valence-electron chi connectivity index (χ2n) is 5.83. The van der Waals surface area contributed by atoms with Gasteiger partial charge in [-0.1, -0.05) is 6.92 Å². The van der Waals surface area contributed by atoms with Gasteiger partial charge in [-0.25, -0.2) is 13.8 Å². The summed E-state index contributed by atoms with van der Waals surface area (Å²) >= 11 is 5.88. The summed E-state index contributed by atoms with van der Waals surface area (Å²) in [6.45, 7) is 1.87. The Morgan fingerprint density at radius 1 is 1.50 bits per heavy atom. The molecule has 0 unspecified atom stereocenters. The van der Waals surface area contributed by atoms with Crippen molar-refractivity contribution >= 4 is 29.0 Å². The normalized spacial score (nSPS) is 27.2. The largest absolute Gasteiger partial charge is 0.339 e. The number of aromatic nitrogens is 2. The van der Waals surface area contributed by atoms with E-state index >= 15 is 0 Å². The van der Waals surface area contributed by atoms with Crippen LogP contribution in [-0.2, 0) is 4.79 Å². The van der Waals surface area contributed by atoms with Crippen molar-refractivity contribution in [2.75, 3.05) is 16.8 Å². The van der Waals surface area contributed by atoms with Crippen LogP contribution in [0.5, 0.6) is 0 Å². The lowest BCUT2D eigenvalue weighted by Crippen LogP contribution is -2.55. The number of carbonyl (C=O) groups is 1. The Morgan fingerprint density at radius 2 is 2.23 bits per heavy atom. The van der Waals surface area contributed by atoms with Crippen molar-refractivity contribution in [3.8, 4) is 0 Å². The lowest BCUT2D eigenvalue weighted by atomic mass is 10.0. The fraction of sp³-hybridized carbons (Fsp3) is 0.643. The Morgan fingerprint density at radius 3 is 2.82 bits per heavy atom. The first-order valence-electron chi connectivity index (χ1n) is 7.30. The molecule has 1 saturated carbocycles. The average Bonchev–Trinajstić information content (AvgIpc) is 2.82. The summed E-state index contributed by atoms with van der Waals surface area (Å²) in [5.41, 5.74) is 0.509. The predicted octanol–water partition coefficient (Wildman–Crippen LogP) is 2.88. The van der Waals surface area contributed by atoms with Crippen LogP contribution in [0.4, 0.5) is 20.3 Å². The van der Waals surface area contributed by atoms with Crippen LogP contribution < -0.4 is 9.80 Å². The first-order valence-corrected chi connectivity index (χ1v) is 7.68. The summed E-state index contributed by atoms with van der Waals surface area (Å²) in [4.78, 5) is 23.9. The van der Waals surface area contributed by atoms with Gasteiger partial charge in [-0.05, 0) is 24.4 Å². The molecule has 0 radical (unpaired) electrons. The number of likely N-dealkylation sites (N-methyl/N-ethyl adjacent to an activating group) is 1. The number of rotatable bonds is 2. The monoisotopic (exact) mass is 330 g/mol. The number of nitrogens with zero attached hydrogens (tertiary/aromatic N) is 4. The Hall–Kier alpha value is -1.50. The summed E-state index contributed by atoms with van der Waals surface area (Å²) in [6.07, 6.45) is 1.90. The number of amides is 1. The van der Waals surface area contributed by atoms with Crippen molar-refractivity contribution < 1.29 is 13.6 Å². The van der Waals surface area contributed by atoms with Gasteiger partial charge in [0.15, 0.2) is 5.82 Å². The van der Waals surface area contributed by atoms with E-state index in [1.165, 1.54) is 11.1 Å². The van der Waals surface area contributed by atoms with E-state index in [-0.39, 0.29) is 24.0 Å². The summed E-state index contributed by atoms with van der Waals surface area (Å²) < 4.78 is 27.3. The maximum Gasteiger partial charge on any atom is 0.250 e. The molecule has 1 amide bonds. The van der Waals surface area contributed by atoms with Gasteiger partial charge in [0.25, 0.3) is 0 Å². The van der Waals surface area contributed by atoms with Crippen LogP contribution >= 0.6 is 11.6 Å². The van der Waals surface area contributed by atoms with Crippen LogP contribution in [0.15, 0.2) is 6.20 Å². The highest BCUT2D eigenvalue weighted by molar-refractivity contribution is 6.28. The second kappa shape index (κ2) is 5.30. The number of carbonyl (C=O) groups excluding carboxylic acids is 1. The van der Waals surface area contributed by atoms with Crippen LogP contribution in [0, 0.1) is 0 Å². The van der Waals surface area contributed by atoms with Crippen LogP contribution in [0.1, 0.15) is 32.6 Å². The van der Waals surface area contributed by atoms with Gasteiger partial charge in [0.2, 0.25) is 17.1 Å². The molecule has 0 N–H and O–H groups in total. The van der Waals surface area contributed by atoms with Crippen LogP contribution in [0.2, 0.25) is 5.28 Å². The molecule has 1 aromatic heterocycles. The van der Waals surface area contributed by atoms with E-state index in [1.807, 2.05) is 6.92 Å². The Kier molecular flexibility index (Phi) is 3.71. The lowest BCUT2D eigenvalue weighted by Gasteiger charge is -2.43. The average molecular weight is 331 g/mol. The van der Waals surface area contributed by atoms with E-state index in [2.05, 4.69) is 9.97 Å². The van der Waals surface area contributed by atoms with Gasteiger partial charge >= 0.3 is 0 Å². The zero-order chi connectivity index (χ0) is 16.1. The smallest absolute Gasteiger partial charge is 0.250 e. The minimum atomic E-state index is -2.69. The number of hydrogen-bond donors (Lipinski definition) is 0. The molecule has 0 aromatic carbocycles. The van der Waals surface area contributed by atoms with Crippen LogP contribution in [-0.4, -0.2) is 40.9 Å². The molecule has 1 aromatic rings. The van der Waals surface area contributed by atoms with Crippen molar-refractivity contribution in [2.24, 2.45) is 0 Å². The van der Waals surface area contributed by atoms with Gasteiger partial charge in [-0.15, -0.1) is 0 Å². The molecule has 1 aliphatic carbocycles. The SMILES string of the molecule is CC[C@@H]1C(=O)N(C)c2cnc(Cl)nc2N1[C@@H]1CCC(F)(F)C1. The Bertz CT molecular complexity index is 613. The highest BCUT2D eigenvalue weighted by Gasteiger charge is 2.47. The molecule has 0 spiro atoms. The first kappa shape index (κ1) is 15.4. The van der Waals surface area contributed by atoms with E-state index in [0.29, 0.717) is 24.3 Å². The number of anilines is 2. The third-order valence-corrected chi connectivity index (χ3v) is 4.62. The molecule has 2 heterocycles. The molecule has 8 heteroatoms. The quantitative estimate of drug-likeness (QED) is 0.782. The number of halogens is 3. The lowest BCUT2D eigenvalue weighted by molar-refractivity contribution is -0.120. The van der Waals surface area contributed by atoms with E-state index in [9.17, 15) is 13.6 Å². The molecule has 2 atom stereocenters. The van der Waals surface area contributed by atoms with Gasteiger partial charge in [0.05, 0.1) is 6.20 Å². The van der Waals surface area contributed by atoms with Gasteiger partial charge in [0, 0.05) is 25.9 Å². The van der Waals surface area contributed by atoms with E-state index in [1.54, 1.807) is 11.9 Å². The third kappa shape index (κ3) is 2.41. The molecule has 1 fully saturated rings. The summed E-state index contributed by atoms with van der Waals surface area (Å²) in [5, 5.41) is 0.0473. The molecule has 0 saturated heterocycles. The number of fused-ring (bicyclic) bond motifs is 1. The van der Waals surface area contributed by atoms with Gasteiger partial charge in [0.1, 0.15) is 11.7 Å². The maximum atomic E-state index is 13.6. The fourth-order valence-electron chi connectivity index (χ4n) is 3.34. The minimum absolute atomic E-state index is 0.0473. The van der Waals surface area contributed by atoms with Crippen molar-refractivity contribution in [1.82, 2.24) is 9.97 Å². The first-order chi connectivity index (χ1) is 10.3. The fourth-order valence-corrected chi connectivity index (χ4v) is 3.47. The van der Waals surface area contributed by atoms with Crippen molar-refractivity contribution in [2.45, 2.75) is 50.6 Å². The highest BCUT2D eigenvalue weighted by atomic mass is 35.5. The Labute approximate surface area is 132 Å². The van der Waals surface area contributed by atoms with Gasteiger partial charge in [-0.2, -0.15) is 4.98 Å². The summed E-state index contributed by atoms with van der Waals surface area (Å²) in [7, 11) is 1.64. The second-order valence-corrected chi connectivity index (χ2v) is 6.17. The standard InChI is InChI=1S/C14H17ClF2N4O/c1-3-9-12(22)20(2)10-7-18-13(15)19-11(10)21(9)8-4-5-14(16,17)6-8/h7-9H,3-6H2,1-2H3/t8-,9-/m1/s1. The zero-order valence-corrected chi connectivity index (χ0v) is 13.1. The molecule has 3 rings (SSSR count). The third-order valence-electron chi connectivity index (χ3n) is 4.44. The van der Waals surface area contributed by atoms with Crippen LogP contribution in [0.3, 0.4) is 0 Å². The van der Waals surface area contributed by atoms with Crippen molar-refractivity contribution in [1.29, 1.82) is 0 Å². The predicted molar refractivity (Wildman–Crippen MR) is 79.6 cm³/mol. The molecule has 2 aliphatic rings. The highest BCUT2D eigenvalue weighted by Crippen LogP contribution is 2.43. The molecule has 1 aliphatic heterocycles. The minimum Gasteiger partial charge on any atom is -0.339 e. The molecule has 22 heavy (non-hydrogen) atoms.